The summed E-state index contributed by atoms with van der Waals surface area (Å²) in [6, 6.07) is 0.328. The van der Waals surface area contributed by atoms with Gasteiger partial charge in [-0.2, -0.15) is 0 Å². The lowest BCUT2D eigenvalue weighted by atomic mass is 9.43. The summed E-state index contributed by atoms with van der Waals surface area (Å²) in [4.78, 5) is 11.5. The first-order valence-electron chi connectivity index (χ1n) is 14.0. The number of hydrogen-bond acceptors (Lipinski definition) is 3. The second-order valence-electron chi connectivity index (χ2n) is 13.4. The van der Waals surface area contributed by atoms with Crippen molar-refractivity contribution in [2.45, 2.75) is 124 Å². The molecule has 0 unspecified atom stereocenters. The average Bonchev–Trinajstić information content (AvgIpc) is 3.05. The molecule has 3 nitrogen and oxygen atoms in total. The lowest BCUT2D eigenvalue weighted by molar-refractivity contribution is -0.162. The van der Waals surface area contributed by atoms with E-state index in [2.05, 4.69) is 34.6 Å². The zero-order valence-electron chi connectivity index (χ0n) is 21.9. The summed E-state index contributed by atoms with van der Waals surface area (Å²) in [6.07, 6.45) is 14.3. The van der Waals surface area contributed by atoms with Gasteiger partial charge in [-0.05, 0) is 104 Å². The van der Waals surface area contributed by atoms with Crippen molar-refractivity contribution in [2.75, 3.05) is 0 Å². The minimum atomic E-state index is -0.121. The molecule has 0 amide bonds. The fourth-order valence-electron chi connectivity index (χ4n) is 9.65. The molecule has 0 heterocycles. The molecule has 0 aromatic carbocycles. The fraction of sp³-hybridized carbons (Fsp3) is 0.966. The lowest BCUT2D eigenvalue weighted by Gasteiger charge is -2.63. The Hall–Kier alpha value is -0.570. The molecule has 0 spiro atoms. The Morgan fingerprint density at radius 1 is 0.969 bits per heavy atom. The molecule has 0 aliphatic heterocycles. The van der Waals surface area contributed by atoms with E-state index in [9.17, 15) is 4.79 Å². The van der Waals surface area contributed by atoms with Crippen LogP contribution in [0.3, 0.4) is 0 Å². The maximum atomic E-state index is 11.5. The van der Waals surface area contributed by atoms with Crippen LogP contribution < -0.4 is 5.73 Å². The van der Waals surface area contributed by atoms with Crippen LogP contribution in [-0.2, 0) is 9.53 Å². The lowest BCUT2D eigenvalue weighted by Crippen LogP contribution is -2.60. The molecule has 32 heavy (non-hydrogen) atoms. The SMILES string of the molecule is CC(=O)O[C@H]1CC[C@@]2(C)[C@H](C1)C[C@@H](N)[C@@H]1[C@@H]2CC[C@]2(C)[C@@H]([C@H](C)CCCC(C)C)CC[C@@H]12. The van der Waals surface area contributed by atoms with E-state index in [-0.39, 0.29) is 12.1 Å². The van der Waals surface area contributed by atoms with Crippen LogP contribution in [0.25, 0.3) is 0 Å². The van der Waals surface area contributed by atoms with E-state index in [4.69, 9.17) is 10.5 Å². The molecule has 4 fully saturated rings. The first kappa shape index (κ1) is 24.6. The summed E-state index contributed by atoms with van der Waals surface area (Å²) in [6.45, 7) is 14.1. The van der Waals surface area contributed by atoms with Gasteiger partial charge in [0.05, 0.1) is 0 Å². The van der Waals surface area contributed by atoms with Crippen LogP contribution in [0.1, 0.15) is 112 Å². The van der Waals surface area contributed by atoms with Crippen molar-refractivity contribution in [3.63, 3.8) is 0 Å². The summed E-state index contributed by atoms with van der Waals surface area (Å²) in [5, 5.41) is 0. The number of rotatable bonds is 6. The number of fused-ring (bicyclic) bond motifs is 5. The zero-order chi connectivity index (χ0) is 23.3. The molecule has 4 aliphatic carbocycles. The van der Waals surface area contributed by atoms with Crippen LogP contribution in [0, 0.1) is 52.3 Å². The molecule has 0 saturated heterocycles. The van der Waals surface area contributed by atoms with Crippen molar-refractivity contribution in [3.05, 3.63) is 0 Å². The number of esters is 1. The Labute approximate surface area is 198 Å². The maximum absolute atomic E-state index is 11.5. The molecule has 0 bridgehead atoms. The standard InChI is InChI=1S/C29H51NO2/c1-18(2)8-7-9-19(3)23-10-11-24-27-25(13-15-29(23,24)6)28(5)14-12-22(32-20(4)31)16-21(28)17-26(27)30/h18-19,21-27H,7-17,30H2,1-6H3/t19-,21-,22+,23-,24+,25+,26-,27+,28+,29-/m1/s1. The molecule has 4 rings (SSSR count). The van der Waals surface area contributed by atoms with Gasteiger partial charge >= 0.3 is 5.97 Å². The molecule has 184 valence electrons. The number of ether oxygens (including phenoxy) is 1. The molecule has 0 aromatic rings. The number of nitrogens with two attached hydrogens (primary N) is 1. The predicted octanol–water partition coefficient (Wildman–Crippen LogP) is 6.98. The number of carbonyl (C=O) groups is 1. The third-order valence-electron chi connectivity index (χ3n) is 11.2. The van der Waals surface area contributed by atoms with E-state index in [1.54, 1.807) is 6.92 Å². The normalized spacial score (nSPS) is 46.8. The van der Waals surface area contributed by atoms with Crippen molar-refractivity contribution in [2.24, 2.45) is 58.0 Å². The van der Waals surface area contributed by atoms with Crippen molar-refractivity contribution in [3.8, 4) is 0 Å². The summed E-state index contributed by atoms with van der Waals surface area (Å²) in [5.74, 6) is 5.35. The number of hydrogen-bond donors (Lipinski definition) is 1. The first-order valence-corrected chi connectivity index (χ1v) is 14.0. The Morgan fingerprint density at radius 3 is 2.34 bits per heavy atom. The summed E-state index contributed by atoms with van der Waals surface area (Å²) < 4.78 is 5.65. The van der Waals surface area contributed by atoms with Gasteiger partial charge in [0.25, 0.3) is 0 Å². The van der Waals surface area contributed by atoms with Crippen LogP contribution in [0.5, 0.6) is 0 Å². The van der Waals surface area contributed by atoms with E-state index in [0.29, 0.717) is 28.7 Å². The molecule has 4 aliphatic rings. The van der Waals surface area contributed by atoms with Gasteiger partial charge in [-0.3, -0.25) is 4.79 Å². The second-order valence-corrected chi connectivity index (χ2v) is 13.4. The van der Waals surface area contributed by atoms with Crippen LogP contribution in [0.15, 0.2) is 0 Å². The van der Waals surface area contributed by atoms with Gasteiger partial charge in [0.15, 0.2) is 0 Å². The quantitative estimate of drug-likeness (QED) is 0.449. The summed E-state index contributed by atoms with van der Waals surface area (Å²) >= 11 is 0. The van der Waals surface area contributed by atoms with Gasteiger partial charge in [0.2, 0.25) is 0 Å². The molecule has 0 radical (unpaired) electrons. The second kappa shape index (κ2) is 9.23. The highest BCUT2D eigenvalue weighted by atomic mass is 16.5. The van der Waals surface area contributed by atoms with E-state index >= 15 is 0 Å². The largest absolute Gasteiger partial charge is 0.463 e. The topological polar surface area (TPSA) is 52.3 Å². The molecule has 4 saturated carbocycles. The van der Waals surface area contributed by atoms with Crippen molar-refractivity contribution in [1.82, 2.24) is 0 Å². The third-order valence-corrected chi connectivity index (χ3v) is 11.2. The van der Waals surface area contributed by atoms with E-state index in [0.717, 1.165) is 48.9 Å². The molecule has 0 aromatic heterocycles. The minimum Gasteiger partial charge on any atom is -0.463 e. The monoisotopic (exact) mass is 445 g/mol. The smallest absolute Gasteiger partial charge is 0.302 e. The molecular formula is C29H51NO2. The summed E-state index contributed by atoms with van der Waals surface area (Å²) in [5.41, 5.74) is 7.93. The highest BCUT2D eigenvalue weighted by molar-refractivity contribution is 5.66. The van der Waals surface area contributed by atoms with Gasteiger partial charge in [-0.15, -0.1) is 0 Å². The third kappa shape index (κ3) is 4.29. The van der Waals surface area contributed by atoms with Crippen LogP contribution in [-0.4, -0.2) is 18.1 Å². The van der Waals surface area contributed by atoms with Crippen molar-refractivity contribution >= 4 is 5.97 Å². The zero-order valence-corrected chi connectivity index (χ0v) is 21.9. The highest BCUT2D eigenvalue weighted by Gasteiger charge is 2.62. The Bertz CT molecular complexity index is 676. The minimum absolute atomic E-state index is 0.116. The van der Waals surface area contributed by atoms with E-state index in [1.165, 1.54) is 51.4 Å². The van der Waals surface area contributed by atoms with Gasteiger partial charge < -0.3 is 10.5 Å². The Balaban J connectivity index is 1.48. The predicted molar refractivity (Wildman–Crippen MR) is 132 cm³/mol. The highest BCUT2D eigenvalue weighted by Crippen LogP contribution is 2.68. The van der Waals surface area contributed by atoms with Gasteiger partial charge in [0.1, 0.15) is 6.10 Å². The van der Waals surface area contributed by atoms with Crippen LogP contribution >= 0.6 is 0 Å². The summed E-state index contributed by atoms with van der Waals surface area (Å²) in [7, 11) is 0. The van der Waals surface area contributed by atoms with Crippen LogP contribution in [0.2, 0.25) is 0 Å². The molecule has 10 atom stereocenters. The van der Waals surface area contributed by atoms with Crippen molar-refractivity contribution < 1.29 is 9.53 Å². The Morgan fingerprint density at radius 2 is 1.66 bits per heavy atom. The molecule has 3 heteroatoms. The average molecular weight is 446 g/mol. The van der Waals surface area contributed by atoms with Crippen molar-refractivity contribution in [1.29, 1.82) is 0 Å². The van der Waals surface area contributed by atoms with Gasteiger partial charge in [-0.25, -0.2) is 0 Å². The molecular weight excluding hydrogens is 394 g/mol. The fourth-order valence-corrected chi connectivity index (χ4v) is 9.65. The molecule has 2 N–H and O–H groups in total. The number of carbonyl (C=O) groups excluding carboxylic acids is 1. The first-order chi connectivity index (χ1) is 15.1. The van der Waals surface area contributed by atoms with Crippen LogP contribution in [0.4, 0.5) is 0 Å². The Kier molecular flexibility index (Phi) is 7.08. The van der Waals surface area contributed by atoms with Gasteiger partial charge in [0, 0.05) is 13.0 Å². The van der Waals surface area contributed by atoms with E-state index in [1.807, 2.05) is 0 Å². The van der Waals surface area contributed by atoms with Gasteiger partial charge in [-0.1, -0.05) is 53.9 Å². The van der Waals surface area contributed by atoms with E-state index < -0.39 is 0 Å². The maximum Gasteiger partial charge on any atom is 0.302 e.